The van der Waals surface area contributed by atoms with Crippen molar-refractivity contribution in [2.45, 2.75) is 6.92 Å². The lowest BCUT2D eigenvalue weighted by molar-refractivity contribution is 0.301. The fourth-order valence-corrected chi connectivity index (χ4v) is 2.66. The van der Waals surface area contributed by atoms with Crippen LogP contribution in [0.25, 0.3) is 22.1 Å². The van der Waals surface area contributed by atoms with Crippen LogP contribution in [-0.4, -0.2) is 25.9 Å². The Morgan fingerprint density at radius 1 is 1.12 bits per heavy atom. The smallest absolute Gasteiger partial charge is 0.204 e. The van der Waals surface area contributed by atoms with E-state index in [9.17, 15) is 9.90 Å². The van der Waals surface area contributed by atoms with Crippen molar-refractivity contribution in [1.29, 1.82) is 0 Å². The van der Waals surface area contributed by atoms with E-state index in [2.05, 4.69) is 0 Å². The van der Waals surface area contributed by atoms with Gasteiger partial charge in [0.05, 0.1) is 26.4 Å². The predicted octanol–water partition coefficient (Wildman–Crippen LogP) is 3.58. The topological polar surface area (TPSA) is 78.1 Å². The molecule has 0 bridgehead atoms. The Morgan fingerprint density at radius 2 is 1.84 bits per heavy atom. The van der Waals surface area contributed by atoms with Crippen molar-refractivity contribution in [2.24, 2.45) is 0 Å². The van der Waals surface area contributed by atoms with E-state index in [1.165, 1.54) is 19.4 Å². The molecule has 0 amide bonds. The molecule has 1 heterocycles. The molecule has 0 fully saturated rings. The number of ether oxygens (including phenoxy) is 3. The van der Waals surface area contributed by atoms with Crippen LogP contribution < -0.4 is 19.6 Å². The minimum Gasteiger partial charge on any atom is -0.504 e. The monoisotopic (exact) mass is 342 g/mol. The Hall–Kier alpha value is -3.15. The van der Waals surface area contributed by atoms with Crippen LogP contribution in [0.2, 0.25) is 0 Å². The standard InChI is InChI=1S/C19H18O6/c1-4-24-15-9-14-16(18(21)19(15)23-3)17(20)13(10-25-14)11-5-7-12(22-2)8-6-11/h5-10,21H,4H2,1-3H3. The first-order valence-electron chi connectivity index (χ1n) is 7.73. The lowest BCUT2D eigenvalue weighted by Gasteiger charge is -2.13. The number of benzene rings is 2. The molecule has 2 aromatic carbocycles. The molecule has 0 radical (unpaired) electrons. The third-order valence-corrected chi connectivity index (χ3v) is 3.86. The summed E-state index contributed by atoms with van der Waals surface area (Å²) >= 11 is 0. The quantitative estimate of drug-likeness (QED) is 0.763. The number of methoxy groups -OCH3 is 2. The summed E-state index contributed by atoms with van der Waals surface area (Å²) in [6.45, 7) is 2.19. The van der Waals surface area contributed by atoms with Crippen LogP contribution in [0.3, 0.4) is 0 Å². The molecule has 1 N–H and O–H groups in total. The Bertz CT molecular complexity index is 956. The highest BCUT2D eigenvalue weighted by Crippen LogP contribution is 2.42. The van der Waals surface area contributed by atoms with Crippen molar-refractivity contribution in [3.05, 3.63) is 46.8 Å². The molecule has 6 heteroatoms. The van der Waals surface area contributed by atoms with Gasteiger partial charge in [-0.25, -0.2) is 0 Å². The summed E-state index contributed by atoms with van der Waals surface area (Å²) in [5.41, 5.74) is 0.856. The fraction of sp³-hybridized carbons (Fsp3) is 0.211. The van der Waals surface area contributed by atoms with Gasteiger partial charge in [-0.3, -0.25) is 4.79 Å². The SMILES string of the molecule is CCOc1cc2occ(-c3ccc(OC)cc3)c(=O)c2c(O)c1OC. The van der Waals surface area contributed by atoms with E-state index < -0.39 is 0 Å². The summed E-state index contributed by atoms with van der Waals surface area (Å²) in [6.07, 6.45) is 1.37. The van der Waals surface area contributed by atoms with Gasteiger partial charge in [0.1, 0.15) is 23.0 Å². The van der Waals surface area contributed by atoms with Gasteiger partial charge in [-0.05, 0) is 24.6 Å². The summed E-state index contributed by atoms with van der Waals surface area (Å²) in [5.74, 6) is 0.802. The maximum atomic E-state index is 12.9. The molecule has 1 aromatic heterocycles. The molecule has 6 nitrogen and oxygen atoms in total. The highest BCUT2D eigenvalue weighted by molar-refractivity contribution is 5.91. The van der Waals surface area contributed by atoms with Gasteiger partial charge in [0.25, 0.3) is 0 Å². The first kappa shape index (κ1) is 16.7. The first-order valence-corrected chi connectivity index (χ1v) is 7.73. The van der Waals surface area contributed by atoms with E-state index >= 15 is 0 Å². The second kappa shape index (κ2) is 6.76. The summed E-state index contributed by atoms with van der Waals surface area (Å²) in [6, 6.07) is 8.53. The summed E-state index contributed by atoms with van der Waals surface area (Å²) in [5, 5.41) is 10.6. The molecule has 0 atom stereocenters. The summed E-state index contributed by atoms with van der Waals surface area (Å²) in [4.78, 5) is 12.9. The van der Waals surface area contributed by atoms with Crippen molar-refractivity contribution < 1.29 is 23.7 Å². The minimum atomic E-state index is -0.356. The van der Waals surface area contributed by atoms with Crippen molar-refractivity contribution in [2.75, 3.05) is 20.8 Å². The third-order valence-electron chi connectivity index (χ3n) is 3.86. The fourth-order valence-electron chi connectivity index (χ4n) is 2.66. The number of phenols is 1. The van der Waals surface area contributed by atoms with Gasteiger partial charge in [0.15, 0.2) is 11.5 Å². The van der Waals surface area contributed by atoms with E-state index in [-0.39, 0.29) is 27.9 Å². The van der Waals surface area contributed by atoms with Crippen LogP contribution in [0, 0.1) is 0 Å². The summed E-state index contributed by atoms with van der Waals surface area (Å²) < 4.78 is 21.3. The normalized spacial score (nSPS) is 10.7. The van der Waals surface area contributed by atoms with Gasteiger partial charge in [0, 0.05) is 6.07 Å². The van der Waals surface area contributed by atoms with E-state index in [0.717, 1.165) is 0 Å². The highest BCUT2D eigenvalue weighted by atomic mass is 16.5. The van der Waals surface area contributed by atoms with E-state index in [1.807, 2.05) is 6.92 Å². The molecule has 0 saturated heterocycles. The molecule has 0 unspecified atom stereocenters. The number of hydrogen-bond donors (Lipinski definition) is 1. The molecule has 0 saturated carbocycles. The zero-order chi connectivity index (χ0) is 18.0. The Balaban J connectivity index is 2.24. The number of phenolic OH excluding ortho intramolecular Hbond substituents is 1. The van der Waals surface area contributed by atoms with Crippen LogP contribution in [0.15, 0.2) is 45.8 Å². The van der Waals surface area contributed by atoms with E-state index in [0.29, 0.717) is 29.2 Å². The molecule has 130 valence electrons. The Kier molecular flexibility index (Phi) is 4.52. The molecule has 3 aromatic rings. The van der Waals surface area contributed by atoms with Crippen LogP contribution in [0.1, 0.15) is 6.92 Å². The maximum Gasteiger partial charge on any atom is 0.204 e. The average Bonchev–Trinajstić information content (AvgIpc) is 2.62. The molecule has 0 aliphatic heterocycles. The molecule has 0 spiro atoms. The van der Waals surface area contributed by atoms with Crippen molar-refractivity contribution in [3.63, 3.8) is 0 Å². The highest BCUT2D eigenvalue weighted by Gasteiger charge is 2.20. The maximum absolute atomic E-state index is 12.9. The van der Waals surface area contributed by atoms with Crippen LogP contribution in [-0.2, 0) is 0 Å². The largest absolute Gasteiger partial charge is 0.504 e. The van der Waals surface area contributed by atoms with Crippen molar-refractivity contribution >= 4 is 11.0 Å². The number of fused-ring (bicyclic) bond motifs is 1. The van der Waals surface area contributed by atoms with Crippen LogP contribution >= 0.6 is 0 Å². The summed E-state index contributed by atoms with van der Waals surface area (Å²) in [7, 11) is 2.97. The van der Waals surface area contributed by atoms with Gasteiger partial charge < -0.3 is 23.7 Å². The van der Waals surface area contributed by atoms with Gasteiger partial charge in [-0.1, -0.05) is 12.1 Å². The lowest BCUT2D eigenvalue weighted by atomic mass is 10.0. The molecule has 0 aliphatic rings. The van der Waals surface area contributed by atoms with E-state index in [1.54, 1.807) is 31.4 Å². The Morgan fingerprint density at radius 3 is 2.44 bits per heavy atom. The van der Waals surface area contributed by atoms with Crippen molar-refractivity contribution in [3.8, 4) is 34.1 Å². The van der Waals surface area contributed by atoms with Gasteiger partial charge in [0.2, 0.25) is 11.2 Å². The van der Waals surface area contributed by atoms with E-state index in [4.69, 9.17) is 18.6 Å². The second-order valence-corrected chi connectivity index (χ2v) is 5.27. The molecule has 25 heavy (non-hydrogen) atoms. The number of hydrogen-bond acceptors (Lipinski definition) is 6. The molecule has 3 rings (SSSR count). The number of rotatable bonds is 5. The van der Waals surface area contributed by atoms with Crippen LogP contribution in [0.4, 0.5) is 0 Å². The second-order valence-electron chi connectivity index (χ2n) is 5.27. The lowest BCUT2D eigenvalue weighted by Crippen LogP contribution is -2.06. The zero-order valence-electron chi connectivity index (χ0n) is 14.2. The first-order chi connectivity index (χ1) is 12.1. The molecule has 0 aliphatic carbocycles. The Labute approximate surface area is 144 Å². The van der Waals surface area contributed by atoms with Gasteiger partial charge >= 0.3 is 0 Å². The molecular formula is C19H18O6. The van der Waals surface area contributed by atoms with Gasteiger partial charge in [-0.15, -0.1) is 0 Å². The van der Waals surface area contributed by atoms with Gasteiger partial charge in [-0.2, -0.15) is 0 Å². The van der Waals surface area contributed by atoms with Crippen molar-refractivity contribution in [1.82, 2.24) is 0 Å². The zero-order valence-corrected chi connectivity index (χ0v) is 14.2. The average molecular weight is 342 g/mol. The minimum absolute atomic E-state index is 0.0496. The third kappa shape index (κ3) is 2.87. The number of aromatic hydroxyl groups is 1. The molecular weight excluding hydrogens is 324 g/mol. The predicted molar refractivity (Wildman–Crippen MR) is 93.9 cm³/mol. The van der Waals surface area contributed by atoms with Crippen LogP contribution in [0.5, 0.6) is 23.0 Å².